The van der Waals surface area contributed by atoms with Gasteiger partial charge < -0.3 is 10.1 Å². The third-order valence-corrected chi connectivity index (χ3v) is 4.28. The van der Waals surface area contributed by atoms with Crippen molar-refractivity contribution in [2.24, 2.45) is 7.05 Å². The molecule has 3 rings (SSSR count). The standard InChI is InChI=1S/C15H18N4OS/c1-10(13-9-21-18-15(13)20-3)16-7-11-4-5-12-8-17-19(2)14(12)6-11/h4-6,8-10,16H,7H2,1-3H3. The minimum Gasteiger partial charge on any atom is -0.480 e. The number of rotatable bonds is 5. The lowest BCUT2D eigenvalue weighted by molar-refractivity contribution is 0.390. The molecular weight excluding hydrogens is 284 g/mol. The summed E-state index contributed by atoms with van der Waals surface area (Å²) in [4.78, 5) is 0. The molecule has 0 spiro atoms. The van der Waals surface area contributed by atoms with E-state index < -0.39 is 0 Å². The van der Waals surface area contributed by atoms with Crippen molar-refractivity contribution in [2.45, 2.75) is 19.5 Å². The highest BCUT2D eigenvalue weighted by atomic mass is 32.1. The van der Waals surface area contributed by atoms with Crippen LogP contribution < -0.4 is 10.1 Å². The van der Waals surface area contributed by atoms with Gasteiger partial charge in [0, 0.05) is 36.0 Å². The third kappa shape index (κ3) is 2.77. The second kappa shape index (κ2) is 5.83. The highest BCUT2D eigenvalue weighted by molar-refractivity contribution is 7.03. The number of aromatic nitrogens is 3. The fourth-order valence-corrected chi connectivity index (χ4v) is 3.10. The zero-order valence-electron chi connectivity index (χ0n) is 12.3. The predicted molar refractivity (Wildman–Crippen MR) is 84.6 cm³/mol. The first kappa shape index (κ1) is 14.0. The molecule has 3 aromatic rings. The van der Waals surface area contributed by atoms with Crippen molar-refractivity contribution in [3.05, 3.63) is 40.9 Å². The Balaban J connectivity index is 1.72. The maximum Gasteiger partial charge on any atom is 0.229 e. The monoisotopic (exact) mass is 302 g/mol. The summed E-state index contributed by atoms with van der Waals surface area (Å²) in [5.41, 5.74) is 3.49. The second-order valence-corrected chi connectivity index (χ2v) is 5.67. The second-order valence-electron chi connectivity index (χ2n) is 5.04. The number of fused-ring (bicyclic) bond motifs is 1. The number of ether oxygens (including phenoxy) is 1. The Bertz CT molecular complexity index is 749. The first-order valence-electron chi connectivity index (χ1n) is 6.81. The summed E-state index contributed by atoms with van der Waals surface area (Å²) in [6, 6.07) is 6.61. The molecule has 6 heteroatoms. The highest BCUT2D eigenvalue weighted by Crippen LogP contribution is 2.25. The Kier molecular flexibility index (Phi) is 3.90. The lowest BCUT2D eigenvalue weighted by Crippen LogP contribution is -2.18. The minimum absolute atomic E-state index is 0.195. The molecule has 0 aliphatic carbocycles. The van der Waals surface area contributed by atoms with Crippen LogP contribution in [0.5, 0.6) is 5.88 Å². The van der Waals surface area contributed by atoms with E-state index in [1.165, 1.54) is 17.1 Å². The molecule has 0 saturated carbocycles. The van der Waals surface area contributed by atoms with Crippen LogP contribution in [0.1, 0.15) is 24.1 Å². The number of nitrogens with zero attached hydrogens (tertiary/aromatic N) is 3. The Labute approximate surface area is 127 Å². The molecule has 0 radical (unpaired) electrons. The summed E-state index contributed by atoms with van der Waals surface area (Å²) >= 11 is 1.42. The van der Waals surface area contributed by atoms with Gasteiger partial charge in [0.15, 0.2) is 0 Å². The highest BCUT2D eigenvalue weighted by Gasteiger charge is 2.13. The van der Waals surface area contributed by atoms with Crippen LogP contribution in [0.2, 0.25) is 0 Å². The number of benzene rings is 1. The molecule has 2 aromatic heterocycles. The van der Waals surface area contributed by atoms with Crippen molar-refractivity contribution >= 4 is 22.4 Å². The van der Waals surface area contributed by atoms with E-state index in [2.05, 4.69) is 39.9 Å². The number of hydrogen-bond acceptors (Lipinski definition) is 5. The summed E-state index contributed by atoms with van der Waals surface area (Å²) in [5.74, 6) is 0.710. The van der Waals surface area contributed by atoms with Crippen LogP contribution >= 0.6 is 11.5 Å². The van der Waals surface area contributed by atoms with Crippen LogP contribution in [0.25, 0.3) is 10.9 Å². The van der Waals surface area contributed by atoms with E-state index in [0.29, 0.717) is 5.88 Å². The molecular formula is C15H18N4OS. The molecule has 1 N–H and O–H groups in total. The molecule has 1 atom stereocenters. The van der Waals surface area contributed by atoms with Gasteiger partial charge in [-0.1, -0.05) is 12.1 Å². The van der Waals surface area contributed by atoms with E-state index in [0.717, 1.165) is 23.0 Å². The predicted octanol–water partition coefficient (Wildman–Crippen LogP) is 2.89. The van der Waals surface area contributed by atoms with Crippen LogP contribution in [-0.4, -0.2) is 21.3 Å². The SMILES string of the molecule is COc1nscc1C(C)NCc1ccc2cnn(C)c2c1. The molecule has 0 bridgehead atoms. The zero-order valence-corrected chi connectivity index (χ0v) is 13.1. The van der Waals surface area contributed by atoms with Crippen LogP contribution in [0.3, 0.4) is 0 Å². The van der Waals surface area contributed by atoms with E-state index in [4.69, 9.17) is 4.74 Å². The van der Waals surface area contributed by atoms with Gasteiger partial charge in [-0.25, -0.2) is 0 Å². The molecule has 0 amide bonds. The van der Waals surface area contributed by atoms with E-state index in [-0.39, 0.29) is 6.04 Å². The summed E-state index contributed by atoms with van der Waals surface area (Å²) in [7, 11) is 3.62. The van der Waals surface area contributed by atoms with Crippen LogP contribution in [0.15, 0.2) is 29.8 Å². The Morgan fingerprint density at radius 3 is 3.10 bits per heavy atom. The van der Waals surface area contributed by atoms with Crippen molar-refractivity contribution in [1.29, 1.82) is 0 Å². The maximum atomic E-state index is 5.27. The molecule has 0 aliphatic heterocycles. The van der Waals surface area contributed by atoms with E-state index >= 15 is 0 Å². The quantitative estimate of drug-likeness (QED) is 0.787. The van der Waals surface area contributed by atoms with Gasteiger partial charge in [0.05, 0.1) is 18.8 Å². The molecule has 0 aliphatic rings. The van der Waals surface area contributed by atoms with Gasteiger partial charge in [0.1, 0.15) is 0 Å². The molecule has 5 nitrogen and oxygen atoms in total. The fourth-order valence-electron chi connectivity index (χ4n) is 2.36. The van der Waals surface area contributed by atoms with Gasteiger partial charge in [0.2, 0.25) is 5.88 Å². The van der Waals surface area contributed by atoms with Crippen molar-refractivity contribution < 1.29 is 4.74 Å². The van der Waals surface area contributed by atoms with Crippen molar-refractivity contribution in [3.63, 3.8) is 0 Å². The number of nitrogens with one attached hydrogen (secondary N) is 1. The summed E-state index contributed by atoms with van der Waals surface area (Å²) in [6.45, 7) is 2.91. The zero-order chi connectivity index (χ0) is 14.8. The first-order chi connectivity index (χ1) is 10.2. The smallest absolute Gasteiger partial charge is 0.229 e. The molecule has 110 valence electrons. The average Bonchev–Trinajstić information content (AvgIpc) is 3.12. The summed E-state index contributed by atoms with van der Waals surface area (Å²) in [6.07, 6.45) is 1.89. The van der Waals surface area contributed by atoms with Gasteiger partial charge in [0.25, 0.3) is 0 Å². The topological polar surface area (TPSA) is 52.0 Å². The van der Waals surface area contributed by atoms with Gasteiger partial charge in [-0.05, 0) is 30.1 Å². The van der Waals surface area contributed by atoms with E-state index in [9.17, 15) is 0 Å². The fraction of sp³-hybridized carbons (Fsp3) is 0.333. The number of aryl methyl sites for hydroxylation is 1. The van der Waals surface area contributed by atoms with Gasteiger partial charge >= 0.3 is 0 Å². The van der Waals surface area contributed by atoms with Crippen LogP contribution in [-0.2, 0) is 13.6 Å². The van der Waals surface area contributed by atoms with E-state index in [1.807, 2.05) is 23.3 Å². The maximum absolute atomic E-state index is 5.27. The van der Waals surface area contributed by atoms with Crippen molar-refractivity contribution in [2.75, 3.05) is 7.11 Å². The van der Waals surface area contributed by atoms with E-state index in [1.54, 1.807) is 7.11 Å². The molecule has 1 aromatic carbocycles. The van der Waals surface area contributed by atoms with Gasteiger partial charge in [-0.2, -0.15) is 9.47 Å². The van der Waals surface area contributed by atoms with Crippen molar-refractivity contribution in [3.8, 4) is 5.88 Å². The normalized spacial score (nSPS) is 12.7. The van der Waals surface area contributed by atoms with Gasteiger partial charge in [-0.15, -0.1) is 0 Å². The van der Waals surface area contributed by atoms with Crippen LogP contribution in [0.4, 0.5) is 0 Å². The van der Waals surface area contributed by atoms with Gasteiger partial charge in [-0.3, -0.25) is 4.68 Å². The lowest BCUT2D eigenvalue weighted by atomic mass is 10.1. The lowest BCUT2D eigenvalue weighted by Gasteiger charge is -2.13. The largest absolute Gasteiger partial charge is 0.480 e. The Hall–Kier alpha value is -1.92. The Morgan fingerprint density at radius 1 is 1.43 bits per heavy atom. The molecule has 0 fully saturated rings. The molecule has 2 heterocycles. The third-order valence-electron chi connectivity index (χ3n) is 3.65. The molecule has 1 unspecified atom stereocenters. The average molecular weight is 302 g/mol. The molecule has 21 heavy (non-hydrogen) atoms. The van der Waals surface area contributed by atoms with Crippen molar-refractivity contribution in [1.82, 2.24) is 19.5 Å². The summed E-state index contributed by atoms with van der Waals surface area (Å²) < 4.78 is 11.4. The van der Waals surface area contributed by atoms with Crippen LogP contribution in [0, 0.1) is 0 Å². The summed E-state index contributed by atoms with van der Waals surface area (Å²) in [5, 5.41) is 11.0. The minimum atomic E-state index is 0.195. The first-order valence-corrected chi connectivity index (χ1v) is 7.65. The number of methoxy groups -OCH3 is 1. The molecule has 0 saturated heterocycles. The number of hydrogen-bond donors (Lipinski definition) is 1. The Morgan fingerprint density at radius 2 is 2.29 bits per heavy atom.